The summed E-state index contributed by atoms with van der Waals surface area (Å²) in [5, 5.41) is 0. The predicted octanol–water partition coefficient (Wildman–Crippen LogP) is 0.979. The van der Waals surface area contributed by atoms with Gasteiger partial charge >= 0.3 is 0 Å². The Hall–Kier alpha value is -1.93. The number of carbonyl (C=O) groups is 1. The molecule has 100 valence electrons. The number of aromatic nitrogens is 2. The van der Waals surface area contributed by atoms with Crippen molar-refractivity contribution in [1.29, 1.82) is 0 Å². The molecule has 0 N–H and O–H groups in total. The van der Waals surface area contributed by atoms with Crippen LogP contribution in [0.4, 0.5) is 0 Å². The van der Waals surface area contributed by atoms with Crippen LogP contribution in [-0.4, -0.2) is 47.1 Å². The molecule has 2 heterocycles. The molecular weight excluding hydrogens is 242 g/mol. The molecule has 0 saturated carbocycles. The molecule has 0 spiro atoms. The topological polar surface area (TPSA) is 55.3 Å². The fourth-order valence-electron chi connectivity index (χ4n) is 2.16. The number of carbonyl (C=O) groups excluding carboxylic acids is 1. The van der Waals surface area contributed by atoms with Crippen LogP contribution in [0.1, 0.15) is 23.3 Å². The van der Waals surface area contributed by atoms with E-state index in [-0.39, 0.29) is 5.91 Å². The van der Waals surface area contributed by atoms with E-state index in [1.165, 1.54) is 12.4 Å². The molecular formula is C14H17N3O2. The highest BCUT2D eigenvalue weighted by Gasteiger charge is 2.24. The highest BCUT2D eigenvalue weighted by molar-refractivity contribution is 5.91. The van der Waals surface area contributed by atoms with Crippen LogP contribution in [0.5, 0.6) is 0 Å². The van der Waals surface area contributed by atoms with E-state index in [0.29, 0.717) is 24.8 Å². The maximum Gasteiger partial charge on any atom is 0.274 e. The molecule has 1 aliphatic rings. The number of terminal acetylenes is 1. The minimum atomic E-state index is -0.0453. The van der Waals surface area contributed by atoms with E-state index >= 15 is 0 Å². The highest BCUT2D eigenvalue weighted by Crippen LogP contribution is 2.18. The van der Waals surface area contributed by atoms with Crippen LogP contribution in [0.15, 0.2) is 18.6 Å². The van der Waals surface area contributed by atoms with E-state index in [2.05, 4.69) is 15.9 Å². The second kappa shape index (κ2) is 6.86. The Morgan fingerprint density at radius 1 is 1.47 bits per heavy atom. The smallest absolute Gasteiger partial charge is 0.274 e. The Kier molecular flexibility index (Phi) is 4.87. The SMILES string of the molecule is C#CCOCC1CCN(C(=O)c2cnccn2)CC1. The monoisotopic (exact) mass is 259 g/mol. The zero-order valence-electron chi connectivity index (χ0n) is 10.8. The van der Waals surface area contributed by atoms with Gasteiger partial charge in [-0.05, 0) is 18.8 Å². The molecule has 1 aromatic heterocycles. The van der Waals surface area contributed by atoms with Gasteiger partial charge in [-0.25, -0.2) is 4.98 Å². The highest BCUT2D eigenvalue weighted by atomic mass is 16.5. The Balaban J connectivity index is 1.80. The molecule has 1 aliphatic heterocycles. The van der Waals surface area contributed by atoms with Gasteiger partial charge in [0.2, 0.25) is 0 Å². The lowest BCUT2D eigenvalue weighted by molar-refractivity contribution is 0.0576. The number of ether oxygens (including phenoxy) is 1. The molecule has 1 amide bonds. The summed E-state index contributed by atoms with van der Waals surface area (Å²) in [4.78, 5) is 21.9. The van der Waals surface area contributed by atoms with Crippen molar-refractivity contribution < 1.29 is 9.53 Å². The lowest BCUT2D eigenvalue weighted by Gasteiger charge is -2.31. The van der Waals surface area contributed by atoms with Gasteiger partial charge in [-0.2, -0.15) is 0 Å². The van der Waals surface area contributed by atoms with Gasteiger partial charge in [-0.15, -0.1) is 6.42 Å². The summed E-state index contributed by atoms with van der Waals surface area (Å²) in [6.07, 6.45) is 11.6. The van der Waals surface area contributed by atoms with Gasteiger partial charge in [0.15, 0.2) is 0 Å². The molecule has 1 saturated heterocycles. The second-order valence-corrected chi connectivity index (χ2v) is 4.55. The summed E-state index contributed by atoms with van der Waals surface area (Å²) in [6.45, 7) is 2.51. The maximum absolute atomic E-state index is 12.1. The summed E-state index contributed by atoms with van der Waals surface area (Å²) in [7, 11) is 0. The Labute approximate surface area is 113 Å². The van der Waals surface area contributed by atoms with Crippen molar-refractivity contribution in [3.05, 3.63) is 24.3 Å². The molecule has 1 aromatic rings. The van der Waals surface area contributed by atoms with Gasteiger partial charge in [-0.1, -0.05) is 5.92 Å². The first-order valence-corrected chi connectivity index (χ1v) is 6.37. The molecule has 19 heavy (non-hydrogen) atoms. The zero-order chi connectivity index (χ0) is 13.5. The molecule has 5 nitrogen and oxygen atoms in total. The van der Waals surface area contributed by atoms with Gasteiger partial charge in [0.05, 0.1) is 12.8 Å². The molecule has 0 unspecified atom stereocenters. The number of hydrogen-bond acceptors (Lipinski definition) is 4. The zero-order valence-corrected chi connectivity index (χ0v) is 10.8. The number of nitrogens with zero attached hydrogens (tertiary/aromatic N) is 3. The van der Waals surface area contributed by atoms with E-state index in [9.17, 15) is 4.79 Å². The first-order chi connectivity index (χ1) is 9.31. The Bertz CT molecular complexity index is 448. The van der Waals surface area contributed by atoms with E-state index in [1.54, 1.807) is 6.20 Å². The minimum Gasteiger partial charge on any atom is -0.369 e. The van der Waals surface area contributed by atoms with Gasteiger partial charge in [0.1, 0.15) is 12.3 Å². The van der Waals surface area contributed by atoms with Crippen molar-refractivity contribution in [3.8, 4) is 12.3 Å². The summed E-state index contributed by atoms with van der Waals surface area (Å²) in [5.74, 6) is 2.89. The number of hydrogen-bond donors (Lipinski definition) is 0. The van der Waals surface area contributed by atoms with Gasteiger partial charge in [0, 0.05) is 25.5 Å². The summed E-state index contributed by atoms with van der Waals surface area (Å²) >= 11 is 0. The largest absolute Gasteiger partial charge is 0.369 e. The molecule has 0 aliphatic carbocycles. The van der Waals surface area contributed by atoms with Crippen molar-refractivity contribution in [2.24, 2.45) is 5.92 Å². The Morgan fingerprint density at radius 3 is 2.89 bits per heavy atom. The van der Waals surface area contributed by atoms with Crippen molar-refractivity contribution in [2.45, 2.75) is 12.8 Å². The number of likely N-dealkylation sites (tertiary alicyclic amines) is 1. The number of rotatable bonds is 4. The van der Waals surface area contributed by atoms with Gasteiger partial charge in [0.25, 0.3) is 5.91 Å². The van der Waals surface area contributed by atoms with Crippen molar-refractivity contribution in [1.82, 2.24) is 14.9 Å². The molecule has 2 rings (SSSR count). The van der Waals surface area contributed by atoms with Crippen LogP contribution in [-0.2, 0) is 4.74 Å². The summed E-state index contributed by atoms with van der Waals surface area (Å²) < 4.78 is 5.34. The number of amides is 1. The fraction of sp³-hybridized carbons (Fsp3) is 0.500. The van der Waals surface area contributed by atoms with Gasteiger partial charge in [-0.3, -0.25) is 9.78 Å². The van der Waals surface area contributed by atoms with E-state index in [0.717, 1.165) is 25.9 Å². The minimum absolute atomic E-state index is 0.0453. The normalized spacial score (nSPS) is 16.1. The molecule has 0 atom stereocenters. The van der Waals surface area contributed by atoms with Crippen LogP contribution in [0.3, 0.4) is 0 Å². The lowest BCUT2D eigenvalue weighted by Crippen LogP contribution is -2.39. The van der Waals surface area contributed by atoms with Crippen LogP contribution in [0.2, 0.25) is 0 Å². The molecule has 0 aromatic carbocycles. The fourth-order valence-corrected chi connectivity index (χ4v) is 2.16. The first-order valence-electron chi connectivity index (χ1n) is 6.37. The van der Waals surface area contributed by atoms with Crippen molar-refractivity contribution in [2.75, 3.05) is 26.3 Å². The average Bonchev–Trinajstić information content (AvgIpc) is 2.48. The third-order valence-corrected chi connectivity index (χ3v) is 3.22. The Morgan fingerprint density at radius 2 is 2.26 bits per heavy atom. The van der Waals surface area contributed by atoms with Crippen LogP contribution >= 0.6 is 0 Å². The van der Waals surface area contributed by atoms with Crippen LogP contribution in [0, 0.1) is 18.3 Å². The third-order valence-electron chi connectivity index (χ3n) is 3.22. The lowest BCUT2D eigenvalue weighted by atomic mass is 9.97. The standard InChI is InChI=1S/C14H17N3O2/c1-2-9-19-11-12-3-7-17(8-4-12)14(18)13-10-15-5-6-16-13/h1,5-6,10,12H,3-4,7-9,11H2. The quantitative estimate of drug-likeness (QED) is 0.597. The van der Waals surface area contributed by atoms with E-state index < -0.39 is 0 Å². The predicted molar refractivity (Wildman–Crippen MR) is 70.3 cm³/mol. The molecule has 1 fully saturated rings. The van der Waals surface area contributed by atoms with Crippen LogP contribution < -0.4 is 0 Å². The molecule has 0 bridgehead atoms. The maximum atomic E-state index is 12.1. The van der Waals surface area contributed by atoms with E-state index in [4.69, 9.17) is 11.2 Å². The van der Waals surface area contributed by atoms with Crippen molar-refractivity contribution in [3.63, 3.8) is 0 Å². The van der Waals surface area contributed by atoms with Crippen LogP contribution in [0.25, 0.3) is 0 Å². The summed E-state index contributed by atoms with van der Waals surface area (Å²) in [5.41, 5.74) is 0.407. The van der Waals surface area contributed by atoms with E-state index in [1.807, 2.05) is 4.90 Å². The third kappa shape index (κ3) is 3.76. The molecule has 5 heteroatoms. The first kappa shape index (κ1) is 13.5. The summed E-state index contributed by atoms with van der Waals surface area (Å²) in [6, 6.07) is 0. The molecule has 0 radical (unpaired) electrons. The number of piperidine rings is 1. The average molecular weight is 259 g/mol. The van der Waals surface area contributed by atoms with Crippen molar-refractivity contribution >= 4 is 5.91 Å². The van der Waals surface area contributed by atoms with Gasteiger partial charge < -0.3 is 9.64 Å². The second-order valence-electron chi connectivity index (χ2n) is 4.55.